The minimum atomic E-state index is -0.656. The average Bonchev–Trinajstić information content (AvgIpc) is 3.31. The van der Waals surface area contributed by atoms with E-state index in [-0.39, 0.29) is 21.1 Å². The summed E-state index contributed by atoms with van der Waals surface area (Å²) in [7, 11) is 4.67. The normalized spacial score (nSPS) is 13.8. The molecule has 2 aromatic heterocycles. The van der Waals surface area contributed by atoms with E-state index in [1.807, 2.05) is 0 Å². The molecule has 3 heterocycles. The van der Waals surface area contributed by atoms with Crippen molar-refractivity contribution in [2.45, 2.75) is 18.3 Å². The Morgan fingerprint density at radius 3 is 1.90 bits per heavy atom. The molecule has 200 valence electrons. The molecular formula is C38H26N2Pt-2. The van der Waals surface area contributed by atoms with Gasteiger partial charge >= 0.3 is 0 Å². The van der Waals surface area contributed by atoms with Crippen LogP contribution in [-0.2, 0) is 39.3 Å². The van der Waals surface area contributed by atoms with Crippen LogP contribution >= 0.6 is 0 Å². The third-order valence-corrected chi connectivity index (χ3v) is 8.49. The number of rotatable bonds is 0. The van der Waals surface area contributed by atoms with Gasteiger partial charge in [-0.3, -0.25) is 0 Å². The van der Waals surface area contributed by atoms with Crippen molar-refractivity contribution in [3.8, 4) is 33.6 Å². The molecule has 8 bridgehead atoms. The number of nitrogens with zero attached hydrogens (tertiary/aromatic N) is 2. The van der Waals surface area contributed by atoms with Crippen LogP contribution in [0.3, 0.4) is 0 Å². The summed E-state index contributed by atoms with van der Waals surface area (Å²) in [6.45, 7) is 0. The maximum atomic E-state index is 5.43. The molecule has 41 heavy (non-hydrogen) atoms. The molecule has 0 saturated carbocycles. The molecule has 3 heteroatoms. The van der Waals surface area contributed by atoms with E-state index in [2.05, 4.69) is 145 Å². The van der Waals surface area contributed by atoms with Gasteiger partial charge in [0, 0.05) is 33.8 Å². The summed E-state index contributed by atoms with van der Waals surface area (Å²) < 4.78 is 2.11. The van der Waals surface area contributed by atoms with Gasteiger partial charge in [-0.25, -0.2) is 0 Å². The van der Waals surface area contributed by atoms with Gasteiger partial charge < -0.3 is 9.55 Å². The van der Waals surface area contributed by atoms with Crippen LogP contribution in [0.5, 0.6) is 0 Å². The van der Waals surface area contributed by atoms with Crippen molar-refractivity contribution in [2.75, 3.05) is 0 Å². The first-order valence-corrected chi connectivity index (χ1v) is 13.8. The molecule has 0 radical (unpaired) electrons. The second kappa shape index (κ2) is 9.98. The van der Waals surface area contributed by atoms with Gasteiger partial charge in [-0.2, -0.15) is 0 Å². The zero-order chi connectivity index (χ0) is 26.7. The number of aryl methyl sites for hydroxylation is 2. The van der Waals surface area contributed by atoms with Crippen molar-refractivity contribution in [1.82, 2.24) is 4.98 Å². The third-order valence-electron chi connectivity index (χ3n) is 8.49. The molecule has 0 amide bonds. The third kappa shape index (κ3) is 3.85. The molecule has 0 N–H and O–H groups in total. The minimum Gasteiger partial charge on any atom is -0.317 e. The van der Waals surface area contributed by atoms with Gasteiger partial charge in [-0.05, 0) is 52.9 Å². The van der Waals surface area contributed by atoms with Crippen molar-refractivity contribution in [3.05, 3.63) is 174 Å². The molecule has 0 unspecified atom stereocenters. The Hall–Kier alpha value is -4.26. The van der Waals surface area contributed by atoms with Gasteiger partial charge in [0.1, 0.15) is 16.8 Å². The Kier molecular flexibility index (Phi) is 6.25. The van der Waals surface area contributed by atoms with Crippen molar-refractivity contribution in [2.24, 2.45) is 0 Å². The standard InChI is InChI=1S/C38H26N2.Pt/c1-40-35-19-9-21-37(40)38(32-16-4-2-14-30(32)31-15-3-5-17-33(31)38)36-20-8-18-34(39-36)28-12-6-10-26(24-28)22-23-27-11-7-13-29(35)25-27;/h2-21H,1,22-23H2;/q-2;. The average molecular weight is 706 g/mol. The van der Waals surface area contributed by atoms with Crippen LogP contribution in [0.25, 0.3) is 33.6 Å². The zero-order valence-electron chi connectivity index (χ0n) is 22.4. The first kappa shape index (κ1) is 25.7. The Bertz CT molecular complexity index is 1890. The largest absolute Gasteiger partial charge is 0.317 e. The van der Waals surface area contributed by atoms with Crippen LogP contribution in [0.1, 0.15) is 33.6 Å². The Balaban J connectivity index is 0.00000276. The minimum absolute atomic E-state index is 0. The first-order chi connectivity index (χ1) is 19.7. The van der Waals surface area contributed by atoms with Crippen LogP contribution in [0.2, 0.25) is 0 Å². The quantitative estimate of drug-likeness (QED) is 0.119. The van der Waals surface area contributed by atoms with Crippen molar-refractivity contribution in [1.29, 1.82) is 0 Å². The molecule has 6 aromatic rings. The van der Waals surface area contributed by atoms with E-state index in [1.165, 1.54) is 33.4 Å². The second-order valence-electron chi connectivity index (χ2n) is 10.7. The molecule has 4 aromatic carbocycles. The van der Waals surface area contributed by atoms with E-state index >= 15 is 0 Å². The van der Waals surface area contributed by atoms with E-state index in [0.717, 1.165) is 46.7 Å². The molecule has 2 aliphatic rings. The van der Waals surface area contributed by atoms with Gasteiger partial charge in [-0.1, -0.05) is 78.4 Å². The fourth-order valence-corrected chi connectivity index (χ4v) is 6.71. The van der Waals surface area contributed by atoms with Crippen molar-refractivity contribution in [3.63, 3.8) is 0 Å². The first-order valence-electron chi connectivity index (χ1n) is 13.8. The van der Waals surface area contributed by atoms with Crippen LogP contribution in [-0.4, -0.2) is 4.98 Å². The van der Waals surface area contributed by atoms with E-state index in [1.54, 1.807) is 0 Å². The SMILES string of the molecule is [CH2-][n+]1c2cccc1C1(c3cccc(n3)-c3[c-]c(ccc3)CCc3[c-]c-2ccc3)c2ccccc2-c2ccccc21.[Pt]. The Labute approximate surface area is 255 Å². The molecule has 0 saturated heterocycles. The number of fused-ring (bicyclic) bond motifs is 17. The van der Waals surface area contributed by atoms with Crippen molar-refractivity contribution < 1.29 is 25.6 Å². The molecular weight excluding hydrogens is 680 g/mol. The fourth-order valence-electron chi connectivity index (χ4n) is 6.71. The molecule has 1 aliphatic heterocycles. The Morgan fingerprint density at radius 2 is 1.20 bits per heavy atom. The van der Waals surface area contributed by atoms with Gasteiger partial charge in [-0.15, -0.1) is 65.2 Å². The number of benzene rings is 4. The van der Waals surface area contributed by atoms with Gasteiger partial charge in [0.05, 0.1) is 0 Å². The van der Waals surface area contributed by atoms with E-state index in [9.17, 15) is 0 Å². The van der Waals surface area contributed by atoms with Gasteiger partial charge in [0.25, 0.3) is 0 Å². The predicted octanol–water partition coefficient (Wildman–Crippen LogP) is 7.40. The van der Waals surface area contributed by atoms with E-state index in [4.69, 9.17) is 4.98 Å². The summed E-state index contributed by atoms with van der Waals surface area (Å²) in [5.41, 5.74) is 12.7. The van der Waals surface area contributed by atoms with Gasteiger partial charge in [0.2, 0.25) is 0 Å². The molecule has 0 fully saturated rings. The maximum absolute atomic E-state index is 5.43. The maximum Gasteiger partial charge on any atom is 0.115 e. The van der Waals surface area contributed by atoms with E-state index in [0.29, 0.717) is 0 Å². The summed E-state index contributed by atoms with van der Waals surface area (Å²) >= 11 is 0. The number of hydrogen-bond donors (Lipinski definition) is 0. The molecule has 0 atom stereocenters. The smallest absolute Gasteiger partial charge is 0.115 e. The molecule has 8 rings (SSSR count). The summed E-state index contributed by atoms with van der Waals surface area (Å²) in [6.07, 6.45) is 1.78. The van der Waals surface area contributed by atoms with Crippen LogP contribution in [0.4, 0.5) is 0 Å². The summed E-state index contributed by atoms with van der Waals surface area (Å²) in [5, 5.41) is 0. The number of aromatic nitrogens is 2. The molecule has 1 spiro atoms. The summed E-state index contributed by atoms with van der Waals surface area (Å²) in [5.74, 6) is 0. The van der Waals surface area contributed by atoms with Crippen LogP contribution in [0, 0.1) is 19.2 Å². The fraction of sp³-hybridized carbons (Fsp3) is 0.0789. The topological polar surface area (TPSA) is 16.8 Å². The number of hydrogen-bond acceptors (Lipinski definition) is 1. The van der Waals surface area contributed by atoms with Crippen LogP contribution in [0.15, 0.2) is 121 Å². The monoisotopic (exact) mass is 705 g/mol. The second-order valence-corrected chi connectivity index (χ2v) is 10.7. The number of pyridine rings is 2. The van der Waals surface area contributed by atoms with Gasteiger partial charge in [0.15, 0.2) is 0 Å². The zero-order valence-corrected chi connectivity index (χ0v) is 24.7. The Morgan fingerprint density at radius 1 is 0.610 bits per heavy atom. The predicted molar refractivity (Wildman–Crippen MR) is 158 cm³/mol. The van der Waals surface area contributed by atoms with E-state index < -0.39 is 5.41 Å². The summed E-state index contributed by atoms with van der Waals surface area (Å²) in [4.78, 5) is 5.43. The molecule has 1 aliphatic carbocycles. The molecule has 2 nitrogen and oxygen atoms in total. The van der Waals surface area contributed by atoms with Crippen LogP contribution < -0.4 is 4.57 Å². The summed E-state index contributed by atoms with van der Waals surface area (Å²) in [6, 6.07) is 50.6. The van der Waals surface area contributed by atoms with Crippen molar-refractivity contribution >= 4 is 0 Å².